The van der Waals surface area contributed by atoms with Crippen LogP contribution in [0.3, 0.4) is 0 Å². The molecule has 0 aromatic heterocycles. The Morgan fingerprint density at radius 1 is 1.44 bits per heavy atom. The zero-order valence-electron chi connectivity index (χ0n) is 8.30. The number of rotatable bonds is 2. The lowest BCUT2D eigenvalue weighted by Crippen LogP contribution is -2.49. The molecule has 0 unspecified atom stereocenters. The van der Waals surface area contributed by atoms with Crippen molar-refractivity contribution >= 4 is 35.0 Å². The molecule has 4 nitrogen and oxygen atoms in total. The van der Waals surface area contributed by atoms with Gasteiger partial charge in [0.15, 0.2) is 0 Å². The van der Waals surface area contributed by atoms with Crippen LogP contribution >= 0.6 is 23.2 Å². The molecule has 1 fully saturated rings. The fourth-order valence-corrected chi connectivity index (χ4v) is 1.57. The van der Waals surface area contributed by atoms with Crippen LogP contribution in [0.15, 0.2) is 18.2 Å². The summed E-state index contributed by atoms with van der Waals surface area (Å²) in [6.45, 7) is 1.38. The van der Waals surface area contributed by atoms with Crippen molar-refractivity contribution in [2.24, 2.45) is 0 Å². The highest BCUT2D eigenvalue weighted by Crippen LogP contribution is 2.25. The summed E-state index contributed by atoms with van der Waals surface area (Å²) >= 11 is 11.7. The van der Waals surface area contributed by atoms with Crippen molar-refractivity contribution in [2.75, 3.05) is 18.4 Å². The van der Waals surface area contributed by atoms with Gasteiger partial charge < -0.3 is 10.1 Å². The van der Waals surface area contributed by atoms with E-state index >= 15 is 0 Å². The number of carbonyl (C=O) groups is 1. The van der Waals surface area contributed by atoms with Gasteiger partial charge in [-0.3, -0.25) is 5.32 Å². The molecule has 1 aliphatic heterocycles. The van der Waals surface area contributed by atoms with Gasteiger partial charge in [-0.05, 0) is 18.2 Å². The molecule has 1 amide bonds. The monoisotopic (exact) mass is 260 g/mol. The van der Waals surface area contributed by atoms with Crippen molar-refractivity contribution in [2.45, 2.75) is 6.10 Å². The molecule has 1 heterocycles. The summed E-state index contributed by atoms with van der Waals surface area (Å²) in [5, 5.41) is 6.47. The molecule has 0 atom stereocenters. The lowest BCUT2D eigenvalue weighted by Gasteiger charge is -2.26. The van der Waals surface area contributed by atoms with Crippen LogP contribution in [0.5, 0.6) is 0 Å². The van der Waals surface area contributed by atoms with Gasteiger partial charge in [-0.2, -0.15) is 0 Å². The molecule has 2 rings (SSSR count). The van der Waals surface area contributed by atoms with Gasteiger partial charge in [0.1, 0.15) is 6.10 Å². The Bertz CT molecular complexity index is 408. The minimum atomic E-state index is -0.518. The van der Waals surface area contributed by atoms with E-state index in [0.29, 0.717) is 28.8 Å². The maximum absolute atomic E-state index is 11.4. The molecule has 16 heavy (non-hydrogen) atoms. The highest BCUT2D eigenvalue weighted by atomic mass is 35.5. The van der Waals surface area contributed by atoms with Crippen molar-refractivity contribution in [3.63, 3.8) is 0 Å². The van der Waals surface area contributed by atoms with Gasteiger partial charge >= 0.3 is 6.09 Å². The lowest BCUT2D eigenvalue weighted by atomic mass is 10.2. The fourth-order valence-electron chi connectivity index (χ4n) is 1.23. The molecule has 1 aliphatic rings. The largest absolute Gasteiger partial charge is 0.443 e. The van der Waals surface area contributed by atoms with Gasteiger partial charge in [-0.25, -0.2) is 4.79 Å². The van der Waals surface area contributed by atoms with E-state index in [-0.39, 0.29) is 6.10 Å². The van der Waals surface area contributed by atoms with Gasteiger partial charge in [0, 0.05) is 18.1 Å². The number of ether oxygens (including phenoxy) is 1. The van der Waals surface area contributed by atoms with Crippen LogP contribution in [0, 0.1) is 0 Å². The zero-order valence-corrected chi connectivity index (χ0v) is 9.81. The topological polar surface area (TPSA) is 50.4 Å². The average molecular weight is 261 g/mol. The van der Waals surface area contributed by atoms with Crippen molar-refractivity contribution in [3.05, 3.63) is 28.2 Å². The van der Waals surface area contributed by atoms with Crippen molar-refractivity contribution < 1.29 is 9.53 Å². The zero-order chi connectivity index (χ0) is 11.5. The minimum Gasteiger partial charge on any atom is -0.443 e. The predicted molar refractivity (Wildman–Crippen MR) is 63.2 cm³/mol. The molecule has 1 aromatic carbocycles. The Kier molecular flexibility index (Phi) is 3.53. The molecular weight excluding hydrogens is 251 g/mol. The summed E-state index contributed by atoms with van der Waals surface area (Å²) < 4.78 is 5.07. The van der Waals surface area contributed by atoms with Crippen molar-refractivity contribution in [1.82, 2.24) is 5.32 Å². The molecule has 0 radical (unpaired) electrons. The number of carbonyl (C=O) groups excluding carboxylic acids is 1. The maximum Gasteiger partial charge on any atom is 0.412 e. The maximum atomic E-state index is 11.4. The van der Waals surface area contributed by atoms with Crippen LogP contribution in [-0.2, 0) is 4.74 Å². The summed E-state index contributed by atoms with van der Waals surface area (Å²) in [7, 11) is 0. The van der Waals surface area contributed by atoms with Gasteiger partial charge in [-0.15, -0.1) is 0 Å². The number of nitrogens with one attached hydrogen (secondary N) is 2. The lowest BCUT2D eigenvalue weighted by molar-refractivity contribution is 0.0778. The Hall–Kier alpha value is -0.970. The summed E-state index contributed by atoms with van der Waals surface area (Å²) in [5.74, 6) is 0. The molecule has 0 spiro atoms. The Balaban J connectivity index is 1.96. The van der Waals surface area contributed by atoms with Crippen molar-refractivity contribution in [3.8, 4) is 0 Å². The first kappa shape index (κ1) is 11.5. The molecule has 0 bridgehead atoms. The van der Waals surface area contributed by atoms with Gasteiger partial charge in [0.05, 0.1) is 10.7 Å². The van der Waals surface area contributed by atoms with Crippen LogP contribution in [0.4, 0.5) is 10.5 Å². The fraction of sp³-hybridized carbons (Fsp3) is 0.300. The highest BCUT2D eigenvalue weighted by molar-refractivity contribution is 6.35. The Morgan fingerprint density at radius 3 is 2.81 bits per heavy atom. The van der Waals surface area contributed by atoms with E-state index in [1.165, 1.54) is 0 Å². The first-order valence-corrected chi connectivity index (χ1v) is 5.54. The van der Waals surface area contributed by atoms with Crippen LogP contribution in [0.1, 0.15) is 0 Å². The predicted octanol–water partition coefficient (Wildman–Crippen LogP) is 2.51. The standard InChI is InChI=1S/C10H10Cl2N2O2/c11-6-1-2-8(12)9(3-6)14-10(15)16-7-4-13-5-7/h1-3,7,13H,4-5H2,(H,14,15). The third-order valence-corrected chi connectivity index (χ3v) is 2.75. The van der Waals surface area contributed by atoms with E-state index in [0.717, 1.165) is 0 Å². The smallest absolute Gasteiger partial charge is 0.412 e. The second-order valence-corrected chi connectivity index (χ2v) is 4.28. The molecule has 6 heteroatoms. The van der Waals surface area contributed by atoms with Gasteiger partial charge in [0.2, 0.25) is 0 Å². The number of hydrogen-bond donors (Lipinski definition) is 2. The van der Waals surface area contributed by atoms with E-state index in [9.17, 15) is 4.79 Å². The van der Waals surface area contributed by atoms with Crippen LogP contribution in [0.2, 0.25) is 10.0 Å². The number of anilines is 1. The number of halogens is 2. The molecule has 0 saturated carbocycles. The summed E-state index contributed by atoms with van der Waals surface area (Å²) in [5.41, 5.74) is 0.450. The third kappa shape index (κ3) is 2.78. The number of hydrogen-bond acceptors (Lipinski definition) is 3. The van der Waals surface area contributed by atoms with Gasteiger partial charge in [0.25, 0.3) is 0 Å². The van der Waals surface area contributed by atoms with E-state index in [1.54, 1.807) is 18.2 Å². The second kappa shape index (κ2) is 4.91. The SMILES string of the molecule is O=C(Nc1cc(Cl)ccc1Cl)OC1CNC1. The van der Waals surface area contributed by atoms with Crippen LogP contribution in [0.25, 0.3) is 0 Å². The minimum absolute atomic E-state index is 0.0574. The van der Waals surface area contributed by atoms with Crippen LogP contribution < -0.4 is 10.6 Å². The Labute approximate surface area is 103 Å². The van der Waals surface area contributed by atoms with E-state index in [2.05, 4.69) is 10.6 Å². The quantitative estimate of drug-likeness (QED) is 0.860. The molecule has 1 aromatic rings. The molecule has 0 aliphatic carbocycles. The Morgan fingerprint density at radius 2 is 2.19 bits per heavy atom. The molecule has 86 valence electrons. The first-order chi connectivity index (χ1) is 7.65. The number of benzene rings is 1. The van der Waals surface area contributed by atoms with E-state index < -0.39 is 6.09 Å². The third-order valence-electron chi connectivity index (χ3n) is 2.18. The van der Waals surface area contributed by atoms with E-state index in [1.807, 2.05) is 0 Å². The molecular formula is C10H10Cl2N2O2. The first-order valence-electron chi connectivity index (χ1n) is 4.78. The van der Waals surface area contributed by atoms with E-state index in [4.69, 9.17) is 27.9 Å². The van der Waals surface area contributed by atoms with Crippen LogP contribution in [-0.4, -0.2) is 25.3 Å². The number of amides is 1. The summed E-state index contributed by atoms with van der Waals surface area (Å²) in [6.07, 6.45) is -0.575. The normalized spacial score (nSPS) is 15.4. The molecule has 1 saturated heterocycles. The average Bonchev–Trinajstić information content (AvgIpc) is 2.18. The summed E-state index contributed by atoms with van der Waals surface area (Å²) in [6, 6.07) is 4.84. The van der Waals surface area contributed by atoms with Crippen molar-refractivity contribution in [1.29, 1.82) is 0 Å². The highest BCUT2D eigenvalue weighted by Gasteiger charge is 2.21. The summed E-state index contributed by atoms with van der Waals surface area (Å²) in [4.78, 5) is 11.4. The molecule has 2 N–H and O–H groups in total. The van der Waals surface area contributed by atoms with Gasteiger partial charge in [-0.1, -0.05) is 23.2 Å². The second-order valence-electron chi connectivity index (χ2n) is 3.43.